The Balaban J connectivity index is 2.34. The Hall–Kier alpha value is -1.68. The van der Waals surface area contributed by atoms with Crippen LogP contribution in [0.25, 0.3) is 11.3 Å². The van der Waals surface area contributed by atoms with Crippen molar-refractivity contribution in [1.29, 1.82) is 0 Å². The SMILES string of the molecule is CC(N)c1ccc(-c2cncnc2)o1. The van der Waals surface area contributed by atoms with Crippen molar-refractivity contribution in [1.82, 2.24) is 9.97 Å². The van der Waals surface area contributed by atoms with E-state index in [1.54, 1.807) is 12.4 Å². The lowest BCUT2D eigenvalue weighted by atomic mass is 10.2. The molecule has 4 nitrogen and oxygen atoms in total. The van der Waals surface area contributed by atoms with Gasteiger partial charge in [0.15, 0.2) is 0 Å². The van der Waals surface area contributed by atoms with Gasteiger partial charge in [-0.25, -0.2) is 9.97 Å². The summed E-state index contributed by atoms with van der Waals surface area (Å²) in [6.07, 6.45) is 4.90. The Morgan fingerprint density at radius 3 is 2.57 bits per heavy atom. The van der Waals surface area contributed by atoms with Crippen LogP contribution in [0.2, 0.25) is 0 Å². The van der Waals surface area contributed by atoms with E-state index in [-0.39, 0.29) is 6.04 Å². The number of hydrogen-bond acceptors (Lipinski definition) is 4. The Labute approximate surface area is 81.8 Å². The van der Waals surface area contributed by atoms with E-state index in [1.165, 1.54) is 6.33 Å². The standard InChI is InChI=1S/C10H11N3O/c1-7(11)9-2-3-10(14-9)8-4-12-6-13-5-8/h2-7H,11H2,1H3. The van der Waals surface area contributed by atoms with Crippen LogP contribution in [0.1, 0.15) is 18.7 Å². The molecule has 72 valence electrons. The molecular weight excluding hydrogens is 178 g/mol. The van der Waals surface area contributed by atoms with Crippen molar-refractivity contribution >= 4 is 0 Å². The maximum absolute atomic E-state index is 5.68. The number of nitrogens with two attached hydrogens (primary N) is 1. The molecule has 2 aromatic rings. The second kappa shape index (κ2) is 3.59. The normalized spacial score (nSPS) is 12.7. The number of furan rings is 1. The molecule has 14 heavy (non-hydrogen) atoms. The van der Waals surface area contributed by atoms with Gasteiger partial charge in [-0.3, -0.25) is 0 Å². The summed E-state index contributed by atoms with van der Waals surface area (Å²) >= 11 is 0. The van der Waals surface area contributed by atoms with E-state index in [0.29, 0.717) is 0 Å². The maximum atomic E-state index is 5.68. The minimum absolute atomic E-state index is 0.0895. The van der Waals surface area contributed by atoms with Gasteiger partial charge in [-0.2, -0.15) is 0 Å². The monoisotopic (exact) mass is 189 g/mol. The molecule has 0 bridgehead atoms. The lowest BCUT2D eigenvalue weighted by Crippen LogP contribution is -2.02. The van der Waals surface area contributed by atoms with Crippen molar-refractivity contribution in [2.45, 2.75) is 13.0 Å². The van der Waals surface area contributed by atoms with Gasteiger partial charge in [-0.05, 0) is 19.1 Å². The van der Waals surface area contributed by atoms with Crippen LogP contribution in [0.15, 0.2) is 35.3 Å². The van der Waals surface area contributed by atoms with Gasteiger partial charge >= 0.3 is 0 Å². The van der Waals surface area contributed by atoms with E-state index in [4.69, 9.17) is 10.2 Å². The van der Waals surface area contributed by atoms with Crippen LogP contribution in [0.3, 0.4) is 0 Å². The van der Waals surface area contributed by atoms with Gasteiger partial charge in [0, 0.05) is 12.4 Å². The fourth-order valence-electron chi connectivity index (χ4n) is 1.18. The van der Waals surface area contributed by atoms with Gasteiger partial charge in [0.05, 0.1) is 11.6 Å². The first-order valence-corrected chi connectivity index (χ1v) is 4.38. The predicted octanol–water partition coefficient (Wildman–Crippen LogP) is 1.76. The summed E-state index contributed by atoms with van der Waals surface area (Å²) in [5.41, 5.74) is 6.54. The quantitative estimate of drug-likeness (QED) is 0.781. The largest absolute Gasteiger partial charge is 0.459 e. The molecule has 0 amide bonds. The van der Waals surface area contributed by atoms with E-state index in [0.717, 1.165) is 17.1 Å². The third kappa shape index (κ3) is 1.65. The molecule has 0 aliphatic heterocycles. The van der Waals surface area contributed by atoms with Crippen molar-refractivity contribution in [2.75, 3.05) is 0 Å². The molecule has 0 fully saturated rings. The molecule has 4 heteroatoms. The molecule has 0 saturated heterocycles. The second-order valence-corrected chi connectivity index (χ2v) is 3.12. The second-order valence-electron chi connectivity index (χ2n) is 3.12. The fraction of sp³-hybridized carbons (Fsp3) is 0.200. The summed E-state index contributed by atoms with van der Waals surface area (Å²) in [7, 11) is 0. The average molecular weight is 189 g/mol. The van der Waals surface area contributed by atoms with Crippen molar-refractivity contribution in [3.63, 3.8) is 0 Å². The van der Waals surface area contributed by atoms with Crippen LogP contribution in [0.5, 0.6) is 0 Å². The third-order valence-corrected chi connectivity index (χ3v) is 1.92. The van der Waals surface area contributed by atoms with Gasteiger partial charge in [0.25, 0.3) is 0 Å². The van der Waals surface area contributed by atoms with Gasteiger partial charge < -0.3 is 10.2 Å². The van der Waals surface area contributed by atoms with Crippen molar-refractivity contribution in [3.8, 4) is 11.3 Å². The van der Waals surface area contributed by atoms with Crippen LogP contribution in [0, 0.1) is 0 Å². The minimum atomic E-state index is -0.0895. The smallest absolute Gasteiger partial charge is 0.137 e. The lowest BCUT2D eigenvalue weighted by Gasteiger charge is -1.99. The van der Waals surface area contributed by atoms with Gasteiger partial charge in [-0.15, -0.1) is 0 Å². The Morgan fingerprint density at radius 2 is 2.00 bits per heavy atom. The zero-order valence-corrected chi connectivity index (χ0v) is 7.84. The first-order valence-electron chi connectivity index (χ1n) is 4.38. The maximum Gasteiger partial charge on any atom is 0.137 e. The number of rotatable bonds is 2. The van der Waals surface area contributed by atoms with E-state index in [2.05, 4.69) is 9.97 Å². The first-order chi connectivity index (χ1) is 6.77. The predicted molar refractivity (Wildman–Crippen MR) is 52.3 cm³/mol. The molecule has 0 radical (unpaired) electrons. The van der Waals surface area contributed by atoms with Gasteiger partial charge in [-0.1, -0.05) is 0 Å². The number of hydrogen-bond donors (Lipinski definition) is 1. The Bertz CT molecular complexity index is 408. The zero-order chi connectivity index (χ0) is 9.97. The van der Waals surface area contributed by atoms with Crippen molar-refractivity contribution in [3.05, 3.63) is 36.6 Å². The fourth-order valence-corrected chi connectivity index (χ4v) is 1.18. The van der Waals surface area contributed by atoms with Crippen LogP contribution < -0.4 is 5.73 Å². The zero-order valence-electron chi connectivity index (χ0n) is 7.84. The summed E-state index contributed by atoms with van der Waals surface area (Å²) in [5, 5.41) is 0. The van der Waals surface area contributed by atoms with E-state index in [9.17, 15) is 0 Å². The molecular formula is C10H11N3O. The summed E-state index contributed by atoms with van der Waals surface area (Å²) in [4.78, 5) is 7.83. The van der Waals surface area contributed by atoms with Crippen molar-refractivity contribution < 1.29 is 4.42 Å². The highest BCUT2D eigenvalue weighted by Crippen LogP contribution is 2.22. The summed E-state index contributed by atoms with van der Waals surface area (Å²) in [5.74, 6) is 1.52. The van der Waals surface area contributed by atoms with Crippen LogP contribution in [-0.4, -0.2) is 9.97 Å². The molecule has 0 aliphatic rings. The minimum Gasteiger partial charge on any atom is -0.459 e. The van der Waals surface area contributed by atoms with Crippen LogP contribution in [-0.2, 0) is 0 Å². The molecule has 0 spiro atoms. The van der Waals surface area contributed by atoms with Crippen molar-refractivity contribution in [2.24, 2.45) is 5.73 Å². The summed E-state index contributed by atoms with van der Waals surface area (Å²) in [6, 6.07) is 3.65. The molecule has 1 unspecified atom stereocenters. The molecule has 0 aromatic carbocycles. The topological polar surface area (TPSA) is 64.9 Å². The van der Waals surface area contributed by atoms with E-state index >= 15 is 0 Å². The summed E-state index contributed by atoms with van der Waals surface area (Å²) < 4.78 is 5.53. The summed E-state index contributed by atoms with van der Waals surface area (Å²) in [6.45, 7) is 1.88. The molecule has 2 N–H and O–H groups in total. The van der Waals surface area contributed by atoms with Crippen LogP contribution >= 0.6 is 0 Å². The third-order valence-electron chi connectivity index (χ3n) is 1.92. The number of aromatic nitrogens is 2. The first kappa shape index (κ1) is 8.90. The van der Waals surface area contributed by atoms with E-state index < -0.39 is 0 Å². The molecule has 2 rings (SSSR count). The molecule has 2 heterocycles. The highest BCUT2D eigenvalue weighted by molar-refractivity contribution is 5.54. The molecule has 1 atom stereocenters. The molecule has 0 aliphatic carbocycles. The van der Waals surface area contributed by atoms with Gasteiger partial charge in [0.2, 0.25) is 0 Å². The number of nitrogens with zero attached hydrogens (tertiary/aromatic N) is 2. The van der Waals surface area contributed by atoms with E-state index in [1.807, 2.05) is 19.1 Å². The Morgan fingerprint density at radius 1 is 1.29 bits per heavy atom. The highest BCUT2D eigenvalue weighted by Gasteiger charge is 2.07. The average Bonchev–Trinajstić information content (AvgIpc) is 2.68. The molecule has 0 saturated carbocycles. The van der Waals surface area contributed by atoms with Gasteiger partial charge in [0.1, 0.15) is 17.8 Å². The Kier molecular flexibility index (Phi) is 2.28. The van der Waals surface area contributed by atoms with Crippen LogP contribution in [0.4, 0.5) is 0 Å². The molecule has 2 aromatic heterocycles. The lowest BCUT2D eigenvalue weighted by molar-refractivity contribution is 0.491. The highest BCUT2D eigenvalue weighted by atomic mass is 16.3.